The maximum Gasteiger partial charge on any atom is 0.266 e. The lowest BCUT2D eigenvalue weighted by Gasteiger charge is -2.20. The maximum absolute atomic E-state index is 14.8. The molecule has 3 aromatic rings. The Morgan fingerprint density at radius 1 is 1.20 bits per heavy atom. The quantitative estimate of drug-likeness (QED) is 0.460. The lowest BCUT2D eigenvalue weighted by Crippen LogP contribution is -2.18. The molecule has 0 aliphatic heterocycles. The van der Waals surface area contributed by atoms with Gasteiger partial charge in [-0.15, -0.1) is 0 Å². The van der Waals surface area contributed by atoms with Crippen LogP contribution in [0.5, 0.6) is 5.88 Å². The van der Waals surface area contributed by atoms with Gasteiger partial charge in [-0.3, -0.25) is 0 Å². The lowest BCUT2D eigenvalue weighted by molar-refractivity contribution is 0.146. The lowest BCUT2D eigenvalue weighted by atomic mass is 9.97. The number of aromatic nitrogens is 3. The van der Waals surface area contributed by atoms with Gasteiger partial charge in [-0.2, -0.15) is 10.2 Å². The molecule has 0 spiro atoms. The van der Waals surface area contributed by atoms with Gasteiger partial charge < -0.3 is 15.0 Å². The molecule has 1 aliphatic carbocycles. The first-order chi connectivity index (χ1) is 16.7. The Labute approximate surface area is 202 Å². The van der Waals surface area contributed by atoms with E-state index in [2.05, 4.69) is 26.3 Å². The third kappa shape index (κ3) is 4.86. The van der Waals surface area contributed by atoms with E-state index < -0.39 is 29.3 Å². The summed E-state index contributed by atoms with van der Waals surface area (Å²) in [6.45, 7) is 2.37. The Bertz CT molecular complexity index is 1290. The zero-order valence-electron chi connectivity index (χ0n) is 20.1. The Hall–Kier alpha value is -3.45. The van der Waals surface area contributed by atoms with Crippen molar-refractivity contribution in [1.29, 1.82) is 5.26 Å². The minimum atomic E-state index is -2.92. The fraction of sp³-hybridized carbons (Fsp3) is 0.440. The summed E-state index contributed by atoms with van der Waals surface area (Å²) in [7, 11) is 5.37. The molecule has 2 aromatic heterocycles. The number of halogens is 3. The van der Waals surface area contributed by atoms with Gasteiger partial charge >= 0.3 is 0 Å². The fourth-order valence-electron chi connectivity index (χ4n) is 4.05. The summed E-state index contributed by atoms with van der Waals surface area (Å²) in [4.78, 5) is 15.8. The number of nitrogens with one attached hydrogen (secondary N) is 1. The van der Waals surface area contributed by atoms with Crippen LogP contribution >= 0.6 is 0 Å². The van der Waals surface area contributed by atoms with Gasteiger partial charge in [0, 0.05) is 24.1 Å². The topological polar surface area (TPSA) is 87.0 Å². The summed E-state index contributed by atoms with van der Waals surface area (Å²) in [5, 5.41) is 13.5. The van der Waals surface area contributed by atoms with Gasteiger partial charge in [0.2, 0.25) is 5.88 Å². The van der Waals surface area contributed by atoms with E-state index in [0.717, 1.165) is 6.07 Å². The van der Waals surface area contributed by atoms with Crippen molar-refractivity contribution in [2.24, 2.45) is 0 Å². The van der Waals surface area contributed by atoms with Crippen molar-refractivity contribution in [3.05, 3.63) is 52.6 Å². The minimum absolute atomic E-state index is 0.0989. The zero-order chi connectivity index (χ0) is 25.3. The summed E-state index contributed by atoms with van der Waals surface area (Å²) < 4.78 is 46.8. The van der Waals surface area contributed by atoms with E-state index in [0.29, 0.717) is 59.9 Å². The fourth-order valence-corrected chi connectivity index (χ4v) is 4.05. The molecule has 1 aromatic carbocycles. The molecule has 0 bridgehead atoms. The number of nitrogens with zero attached hydrogens (tertiary/aromatic N) is 5. The summed E-state index contributed by atoms with van der Waals surface area (Å²) in [6, 6.07) is 7.44. The number of rotatable bonds is 9. The van der Waals surface area contributed by atoms with Crippen molar-refractivity contribution < 1.29 is 17.9 Å². The van der Waals surface area contributed by atoms with Crippen LogP contribution in [0.3, 0.4) is 0 Å². The van der Waals surface area contributed by atoms with E-state index in [-0.39, 0.29) is 5.56 Å². The van der Waals surface area contributed by atoms with Gasteiger partial charge in [-0.25, -0.2) is 23.1 Å². The van der Waals surface area contributed by atoms with Crippen LogP contribution in [0.4, 0.5) is 19.0 Å². The molecule has 2 heterocycles. The van der Waals surface area contributed by atoms with Crippen LogP contribution in [0.2, 0.25) is 0 Å². The second kappa shape index (κ2) is 9.66. The van der Waals surface area contributed by atoms with Crippen LogP contribution in [0.25, 0.3) is 11.0 Å². The second-order valence-corrected chi connectivity index (χ2v) is 9.07. The highest BCUT2D eigenvalue weighted by molar-refractivity contribution is 5.88. The van der Waals surface area contributed by atoms with E-state index in [9.17, 15) is 18.4 Å². The Morgan fingerprint density at radius 2 is 1.91 bits per heavy atom. The van der Waals surface area contributed by atoms with E-state index in [1.165, 1.54) is 19.2 Å². The van der Waals surface area contributed by atoms with Gasteiger partial charge in [0.05, 0.1) is 35.6 Å². The Balaban J connectivity index is 1.82. The summed E-state index contributed by atoms with van der Waals surface area (Å²) in [5.74, 6) is 0.300. The second-order valence-electron chi connectivity index (χ2n) is 9.07. The van der Waals surface area contributed by atoms with Crippen LogP contribution in [0.1, 0.15) is 54.7 Å². The van der Waals surface area contributed by atoms with Crippen LogP contribution in [-0.4, -0.2) is 47.6 Å². The van der Waals surface area contributed by atoms with Crippen LogP contribution in [-0.2, 0) is 11.8 Å². The molecule has 0 amide bonds. The number of fused-ring (bicyclic) bond motifs is 1. The molecular formula is C25H27F3N6O. The minimum Gasteiger partial charge on any atom is -0.481 e. The molecule has 1 saturated carbocycles. The Morgan fingerprint density at radius 3 is 2.51 bits per heavy atom. The molecule has 0 radical (unpaired) electrons. The van der Waals surface area contributed by atoms with Crippen molar-refractivity contribution in [2.45, 2.75) is 44.1 Å². The predicted molar refractivity (Wildman–Crippen MR) is 126 cm³/mol. The molecule has 0 saturated heterocycles. The van der Waals surface area contributed by atoms with Gasteiger partial charge in [0.1, 0.15) is 17.5 Å². The predicted octanol–water partition coefficient (Wildman–Crippen LogP) is 4.94. The SMILES string of the molecule is COc1nc2nc(CCN(C)C)nc(N[C@H](C)c3cccc(C(F)F)c3F)c2cc1C1(C#N)CC1. The number of hydrogen-bond acceptors (Lipinski definition) is 7. The number of methoxy groups -OCH3 is 1. The smallest absolute Gasteiger partial charge is 0.266 e. The number of benzene rings is 1. The molecule has 4 rings (SSSR count). The number of pyridine rings is 1. The molecule has 184 valence electrons. The maximum atomic E-state index is 14.8. The largest absolute Gasteiger partial charge is 0.481 e. The van der Waals surface area contributed by atoms with Crippen molar-refractivity contribution in [2.75, 3.05) is 33.1 Å². The molecule has 10 heteroatoms. The van der Waals surface area contributed by atoms with Crippen LogP contribution in [0, 0.1) is 17.1 Å². The molecule has 7 nitrogen and oxygen atoms in total. The monoisotopic (exact) mass is 484 g/mol. The normalized spacial score (nSPS) is 15.3. The molecule has 1 aliphatic rings. The third-order valence-corrected chi connectivity index (χ3v) is 6.27. The third-order valence-electron chi connectivity index (χ3n) is 6.27. The molecule has 35 heavy (non-hydrogen) atoms. The van der Waals surface area contributed by atoms with E-state index >= 15 is 0 Å². The summed E-state index contributed by atoms with van der Waals surface area (Å²) >= 11 is 0. The zero-order valence-corrected chi connectivity index (χ0v) is 20.1. The Kier molecular flexibility index (Phi) is 6.81. The molecule has 1 atom stereocenters. The first-order valence-corrected chi connectivity index (χ1v) is 11.3. The van der Waals surface area contributed by atoms with E-state index in [4.69, 9.17) is 4.74 Å². The van der Waals surface area contributed by atoms with Crippen molar-refractivity contribution in [1.82, 2.24) is 19.9 Å². The summed E-state index contributed by atoms with van der Waals surface area (Å²) in [6.07, 6.45) is -0.992. The number of ether oxygens (including phenoxy) is 1. The first kappa shape index (κ1) is 24.7. The number of likely N-dealkylation sites (N-methyl/N-ethyl adjacent to an activating group) is 1. The van der Waals surface area contributed by atoms with Gasteiger partial charge in [-0.1, -0.05) is 18.2 Å². The average molecular weight is 485 g/mol. The first-order valence-electron chi connectivity index (χ1n) is 11.3. The number of hydrogen-bond donors (Lipinski definition) is 1. The highest BCUT2D eigenvalue weighted by Crippen LogP contribution is 2.51. The molecule has 0 unspecified atom stereocenters. The van der Waals surface area contributed by atoms with Crippen LogP contribution < -0.4 is 10.1 Å². The van der Waals surface area contributed by atoms with Crippen molar-refractivity contribution in [3.8, 4) is 11.9 Å². The van der Waals surface area contributed by atoms with E-state index in [1.54, 1.807) is 13.0 Å². The average Bonchev–Trinajstić information content (AvgIpc) is 3.63. The van der Waals surface area contributed by atoms with Crippen molar-refractivity contribution >= 4 is 16.9 Å². The number of anilines is 1. The molecule has 1 N–H and O–H groups in total. The highest BCUT2D eigenvalue weighted by Gasteiger charge is 2.47. The van der Waals surface area contributed by atoms with Crippen molar-refractivity contribution in [3.63, 3.8) is 0 Å². The molecular weight excluding hydrogens is 457 g/mol. The van der Waals surface area contributed by atoms with Gasteiger partial charge in [0.15, 0.2) is 5.65 Å². The highest BCUT2D eigenvalue weighted by atomic mass is 19.3. The summed E-state index contributed by atoms with van der Waals surface area (Å²) in [5.41, 5.74) is -0.187. The standard InChI is InChI=1S/C25H27F3N6O/c1-14(15-6-5-7-16(20(15)26)21(27)28)30-22-17-12-18(25(13-29)9-10-25)24(35-4)33-23(17)32-19(31-22)8-11-34(2)3/h5-7,12,14,21H,8-11H2,1-4H3,(H,30,31,32,33)/t14-/m1/s1. The van der Waals surface area contributed by atoms with Crippen LogP contribution in [0.15, 0.2) is 24.3 Å². The van der Waals surface area contributed by atoms with Gasteiger partial charge in [-0.05, 0) is 39.9 Å². The molecule has 1 fully saturated rings. The number of alkyl halides is 2. The van der Waals surface area contributed by atoms with E-state index in [1.807, 2.05) is 19.0 Å². The van der Waals surface area contributed by atoms with Gasteiger partial charge in [0.25, 0.3) is 6.43 Å². The number of nitriles is 1.